The average molecular weight is 213 g/mol. The van der Waals surface area contributed by atoms with Gasteiger partial charge in [0.2, 0.25) is 5.91 Å². The van der Waals surface area contributed by atoms with E-state index in [1.807, 2.05) is 6.92 Å². The Kier molecular flexibility index (Phi) is 3.21. The van der Waals surface area contributed by atoms with Gasteiger partial charge in [-0.15, -0.1) is 0 Å². The van der Waals surface area contributed by atoms with Crippen LogP contribution in [0.2, 0.25) is 0 Å². The van der Waals surface area contributed by atoms with Gasteiger partial charge in [-0.25, -0.2) is 0 Å². The fraction of sp³-hybridized carbons (Fsp3) is 0.800. The molecule has 1 aliphatic carbocycles. The van der Waals surface area contributed by atoms with Crippen molar-refractivity contribution in [1.29, 1.82) is 0 Å². The van der Waals surface area contributed by atoms with Gasteiger partial charge in [-0.3, -0.25) is 4.79 Å². The minimum Gasteiger partial charge on any atom is -0.409 e. The summed E-state index contributed by atoms with van der Waals surface area (Å²) < 4.78 is 0. The summed E-state index contributed by atoms with van der Waals surface area (Å²) in [4.78, 5) is 13.9. The topological polar surface area (TPSA) is 78.9 Å². The molecule has 0 radical (unpaired) electrons. The smallest absolute Gasteiger partial charge is 0.236 e. The van der Waals surface area contributed by atoms with E-state index in [-0.39, 0.29) is 11.7 Å². The highest BCUT2D eigenvalue weighted by Crippen LogP contribution is 2.30. The van der Waals surface area contributed by atoms with Crippen LogP contribution in [0.5, 0.6) is 0 Å². The molecule has 1 fully saturated rings. The predicted molar refractivity (Wildman–Crippen MR) is 57.6 cm³/mol. The van der Waals surface area contributed by atoms with Crippen molar-refractivity contribution in [2.24, 2.45) is 16.3 Å². The van der Waals surface area contributed by atoms with Crippen molar-refractivity contribution in [3.8, 4) is 0 Å². The van der Waals surface area contributed by atoms with Gasteiger partial charge in [0.05, 0.1) is 0 Å². The highest BCUT2D eigenvalue weighted by atomic mass is 16.4. The van der Waals surface area contributed by atoms with Gasteiger partial charge in [-0.1, -0.05) is 5.16 Å². The standard InChI is InChI=1S/C10H19N3O2/c1-4-13(7-5-6-7)9(14)10(2,3)8(11)12-15/h7,15H,4-6H2,1-3H3,(H2,11,12). The van der Waals surface area contributed by atoms with Gasteiger partial charge < -0.3 is 15.8 Å². The van der Waals surface area contributed by atoms with Crippen molar-refractivity contribution in [3.63, 3.8) is 0 Å². The van der Waals surface area contributed by atoms with Gasteiger partial charge in [0.25, 0.3) is 0 Å². The van der Waals surface area contributed by atoms with E-state index >= 15 is 0 Å². The van der Waals surface area contributed by atoms with Crippen LogP contribution in [0.3, 0.4) is 0 Å². The van der Waals surface area contributed by atoms with Crippen molar-refractivity contribution in [3.05, 3.63) is 0 Å². The van der Waals surface area contributed by atoms with E-state index < -0.39 is 5.41 Å². The summed E-state index contributed by atoms with van der Waals surface area (Å²) in [5.74, 6) is -0.102. The molecule has 5 heteroatoms. The molecule has 1 rings (SSSR count). The van der Waals surface area contributed by atoms with E-state index in [0.29, 0.717) is 12.6 Å². The molecule has 0 aliphatic heterocycles. The van der Waals surface area contributed by atoms with Gasteiger partial charge >= 0.3 is 0 Å². The van der Waals surface area contributed by atoms with Crippen LogP contribution in [0.1, 0.15) is 33.6 Å². The first-order valence-electron chi connectivity index (χ1n) is 5.24. The predicted octanol–water partition coefficient (Wildman–Crippen LogP) is 0.770. The van der Waals surface area contributed by atoms with Gasteiger partial charge in [0.15, 0.2) is 5.84 Å². The van der Waals surface area contributed by atoms with E-state index in [2.05, 4.69) is 5.16 Å². The summed E-state index contributed by atoms with van der Waals surface area (Å²) in [5.41, 5.74) is 4.59. The van der Waals surface area contributed by atoms with Crippen molar-refractivity contribution in [2.45, 2.75) is 39.7 Å². The number of oxime groups is 1. The minimum absolute atomic E-state index is 0.0356. The maximum Gasteiger partial charge on any atom is 0.236 e. The summed E-state index contributed by atoms with van der Waals surface area (Å²) in [6, 6.07) is 0.355. The normalized spacial score (nSPS) is 17.7. The van der Waals surface area contributed by atoms with Crippen LogP contribution in [0.15, 0.2) is 5.16 Å². The lowest BCUT2D eigenvalue weighted by atomic mass is 9.90. The molecule has 0 spiro atoms. The van der Waals surface area contributed by atoms with Crippen LogP contribution in [-0.4, -0.2) is 34.4 Å². The Labute approximate surface area is 89.9 Å². The average Bonchev–Trinajstić information content (AvgIpc) is 3.01. The molecule has 0 aromatic heterocycles. The Balaban J connectivity index is 2.81. The summed E-state index contributed by atoms with van der Waals surface area (Å²) >= 11 is 0. The number of nitrogens with two attached hydrogens (primary N) is 1. The number of hydrogen-bond acceptors (Lipinski definition) is 3. The molecule has 0 aromatic rings. The molecule has 0 aromatic carbocycles. The number of carbonyl (C=O) groups excluding carboxylic acids is 1. The molecule has 5 nitrogen and oxygen atoms in total. The van der Waals surface area contributed by atoms with Crippen LogP contribution < -0.4 is 5.73 Å². The number of hydrogen-bond donors (Lipinski definition) is 2. The third-order valence-corrected chi connectivity index (χ3v) is 2.87. The summed E-state index contributed by atoms with van der Waals surface area (Å²) in [7, 11) is 0. The van der Waals surface area contributed by atoms with Crippen LogP contribution >= 0.6 is 0 Å². The van der Waals surface area contributed by atoms with Crippen molar-refractivity contribution in [1.82, 2.24) is 4.90 Å². The monoisotopic (exact) mass is 213 g/mol. The van der Waals surface area contributed by atoms with E-state index in [9.17, 15) is 4.79 Å². The molecule has 0 atom stereocenters. The zero-order valence-corrected chi connectivity index (χ0v) is 9.53. The van der Waals surface area contributed by atoms with E-state index in [1.165, 1.54) is 0 Å². The van der Waals surface area contributed by atoms with Crippen molar-refractivity contribution >= 4 is 11.7 Å². The molecule has 0 saturated heterocycles. The van der Waals surface area contributed by atoms with E-state index in [0.717, 1.165) is 12.8 Å². The minimum atomic E-state index is -0.923. The molecular formula is C10H19N3O2. The SMILES string of the molecule is CCN(C(=O)C(C)(C)C(N)=NO)C1CC1. The van der Waals surface area contributed by atoms with Gasteiger partial charge in [0.1, 0.15) is 5.41 Å². The first-order chi connectivity index (χ1) is 6.95. The second-order valence-corrected chi connectivity index (χ2v) is 4.43. The third kappa shape index (κ3) is 2.22. The molecule has 0 bridgehead atoms. The first-order valence-corrected chi connectivity index (χ1v) is 5.24. The Morgan fingerprint density at radius 3 is 2.47 bits per heavy atom. The highest BCUT2D eigenvalue weighted by Gasteiger charge is 2.41. The summed E-state index contributed by atoms with van der Waals surface area (Å²) in [6.45, 7) is 5.97. The lowest BCUT2D eigenvalue weighted by Crippen LogP contribution is -2.48. The van der Waals surface area contributed by atoms with Gasteiger partial charge in [-0.2, -0.15) is 0 Å². The van der Waals surface area contributed by atoms with E-state index in [1.54, 1.807) is 18.7 Å². The maximum atomic E-state index is 12.1. The summed E-state index contributed by atoms with van der Waals surface area (Å²) in [5, 5.41) is 11.5. The molecule has 1 saturated carbocycles. The zero-order valence-electron chi connectivity index (χ0n) is 9.53. The Bertz CT molecular complexity index is 282. The molecule has 15 heavy (non-hydrogen) atoms. The second kappa shape index (κ2) is 4.08. The molecular weight excluding hydrogens is 194 g/mol. The van der Waals surface area contributed by atoms with Gasteiger partial charge in [0, 0.05) is 12.6 Å². The molecule has 1 aliphatic rings. The van der Waals surface area contributed by atoms with Crippen LogP contribution in [0, 0.1) is 5.41 Å². The maximum absolute atomic E-state index is 12.1. The number of carbonyl (C=O) groups is 1. The van der Waals surface area contributed by atoms with Crippen molar-refractivity contribution in [2.75, 3.05) is 6.54 Å². The first kappa shape index (κ1) is 11.8. The van der Waals surface area contributed by atoms with Crippen LogP contribution in [-0.2, 0) is 4.79 Å². The second-order valence-electron chi connectivity index (χ2n) is 4.43. The van der Waals surface area contributed by atoms with Gasteiger partial charge in [-0.05, 0) is 33.6 Å². The molecule has 3 N–H and O–H groups in total. The van der Waals surface area contributed by atoms with Crippen LogP contribution in [0.4, 0.5) is 0 Å². The number of amides is 1. The Morgan fingerprint density at radius 1 is 1.60 bits per heavy atom. The molecule has 86 valence electrons. The lowest BCUT2D eigenvalue weighted by molar-refractivity contribution is -0.137. The zero-order chi connectivity index (χ0) is 11.6. The molecule has 0 unspecified atom stereocenters. The third-order valence-electron chi connectivity index (χ3n) is 2.87. The molecule has 1 amide bonds. The number of nitrogens with zero attached hydrogens (tertiary/aromatic N) is 2. The fourth-order valence-electron chi connectivity index (χ4n) is 1.55. The Morgan fingerprint density at radius 2 is 2.13 bits per heavy atom. The number of amidine groups is 1. The molecule has 0 heterocycles. The lowest BCUT2D eigenvalue weighted by Gasteiger charge is -2.30. The number of rotatable bonds is 4. The quantitative estimate of drug-likeness (QED) is 0.313. The van der Waals surface area contributed by atoms with E-state index in [4.69, 9.17) is 10.9 Å². The largest absolute Gasteiger partial charge is 0.409 e. The van der Waals surface area contributed by atoms with Crippen molar-refractivity contribution < 1.29 is 10.0 Å². The fourth-order valence-corrected chi connectivity index (χ4v) is 1.55. The van der Waals surface area contributed by atoms with Crippen LogP contribution in [0.25, 0.3) is 0 Å². The summed E-state index contributed by atoms with van der Waals surface area (Å²) in [6.07, 6.45) is 2.12. The highest BCUT2D eigenvalue weighted by molar-refractivity contribution is 6.06. The Hall–Kier alpha value is -1.26.